The normalized spacial score (nSPS) is 29.5. The van der Waals surface area contributed by atoms with Gasteiger partial charge in [-0.2, -0.15) is 13.2 Å². The number of carbonyl (C=O) groups excluding carboxylic acids is 1. The SMILES string of the molecule is O=C1NNC(CC(c2ccccc2)C(F)(F)F)C2CCCCC12. The van der Waals surface area contributed by atoms with E-state index < -0.39 is 12.1 Å². The van der Waals surface area contributed by atoms with Crippen LogP contribution in [0.5, 0.6) is 0 Å². The lowest BCUT2D eigenvalue weighted by Gasteiger charge is -2.42. The van der Waals surface area contributed by atoms with Gasteiger partial charge in [0, 0.05) is 12.0 Å². The summed E-state index contributed by atoms with van der Waals surface area (Å²) in [5, 5.41) is 0. The van der Waals surface area contributed by atoms with Crippen molar-refractivity contribution in [2.24, 2.45) is 11.8 Å². The summed E-state index contributed by atoms with van der Waals surface area (Å²) in [6.45, 7) is 0. The van der Waals surface area contributed by atoms with Gasteiger partial charge in [0.2, 0.25) is 5.91 Å². The molecule has 126 valence electrons. The summed E-state index contributed by atoms with van der Waals surface area (Å²) in [6, 6.07) is 7.69. The molecule has 4 unspecified atom stereocenters. The Hall–Kier alpha value is -1.56. The van der Waals surface area contributed by atoms with E-state index in [0.29, 0.717) is 0 Å². The van der Waals surface area contributed by atoms with Crippen molar-refractivity contribution in [2.75, 3.05) is 0 Å². The second-order valence-corrected chi connectivity index (χ2v) is 6.54. The van der Waals surface area contributed by atoms with E-state index in [4.69, 9.17) is 0 Å². The molecule has 1 heterocycles. The van der Waals surface area contributed by atoms with Crippen LogP contribution >= 0.6 is 0 Å². The number of benzene rings is 1. The van der Waals surface area contributed by atoms with Crippen molar-refractivity contribution in [1.82, 2.24) is 10.9 Å². The average molecular weight is 326 g/mol. The van der Waals surface area contributed by atoms with Crippen LogP contribution in [-0.2, 0) is 4.79 Å². The highest BCUT2D eigenvalue weighted by Crippen LogP contribution is 2.42. The molecule has 2 N–H and O–H groups in total. The molecule has 1 aliphatic carbocycles. The topological polar surface area (TPSA) is 41.1 Å². The molecule has 0 radical (unpaired) electrons. The number of alkyl halides is 3. The molecular formula is C17H21F3N2O. The maximum atomic E-state index is 13.5. The number of halogens is 3. The Bertz CT molecular complexity index is 547. The third-order valence-corrected chi connectivity index (χ3v) is 5.14. The molecule has 0 bridgehead atoms. The fraction of sp³-hybridized carbons (Fsp3) is 0.588. The van der Waals surface area contributed by atoms with Crippen molar-refractivity contribution < 1.29 is 18.0 Å². The predicted molar refractivity (Wildman–Crippen MR) is 80.4 cm³/mol. The first kappa shape index (κ1) is 16.3. The Balaban J connectivity index is 1.81. The minimum atomic E-state index is -4.30. The molecule has 1 amide bonds. The van der Waals surface area contributed by atoms with Crippen molar-refractivity contribution >= 4 is 5.91 Å². The molecule has 1 aromatic carbocycles. The Morgan fingerprint density at radius 1 is 1.13 bits per heavy atom. The number of carbonyl (C=O) groups is 1. The molecule has 0 spiro atoms. The maximum absolute atomic E-state index is 13.5. The van der Waals surface area contributed by atoms with Gasteiger partial charge >= 0.3 is 6.18 Å². The van der Waals surface area contributed by atoms with Crippen LogP contribution in [0.4, 0.5) is 13.2 Å². The molecule has 3 nitrogen and oxygen atoms in total. The second-order valence-electron chi connectivity index (χ2n) is 6.54. The molecule has 2 fully saturated rings. The summed E-state index contributed by atoms with van der Waals surface area (Å²) >= 11 is 0. The fourth-order valence-electron chi connectivity index (χ4n) is 3.96. The van der Waals surface area contributed by atoms with Gasteiger partial charge < -0.3 is 0 Å². The minimum Gasteiger partial charge on any atom is -0.291 e. The Morgan fingerprint density at radius 3 is 2.52 bits per heavy atom. The highest BCUT2D eigenvalue weighted by atomic mass is 19.4. The van der Waals surface area contributed by atoms with E-state index in [1.54, 1.807) is 18.2 Å². The van der Waals surface area contributed by atoms with E-state index >= 15 is 0 Å². The monoisotopic (exact) mass is 326 g/mol. The summed E-state index contributed by atoms with van der Waals surface area (Å²) in [5.41, 5.74) is 5.71. The quantitative estimate of drug-likeness (QED) is 0.892. The Morgan fingerprint density at radius 2 is 1.83 bits per heavy atom. The average Bonchev–Trinajstić information content (AvgIpc) is 2.54. The van der Waals surface area contributed by atoms with E-state index in [9.17, 15) is 18.0 Å². The van der Waals surface area contributed by atoms with Crippen LogP contribution in [0.25, 0.3) is 0 Å². The van der Waals surface area contributed by atoms with Crippen LogP contribution in [0.2, 0.25) is 0 Å². The highest BCUT2D eigenvalue weighted by molar-refractivity contribution is 5.79. The van der Waals surface area contributed by atoms with Crippen molar-refractivity contribution in [3.05, 3.63) is 35.9 Å². The summed E-state index contributed by atoms with van der Waals surface area (Å²) in [6.07, 6.45) is -0.799. The Labute approximate surface area is 133 Å². The van der Waals surface area contributed by atoms with Crippen LogP contribution in [0, 0.1) is 11.8 Å². The van der Waals surface area contributed by atoms with Gasteiger partial charge in [0.1, 0.15) is 0 Å². The molecule has 23 heavy (non-hydrogen) atoms. The van der Waals surface area contributed by atoms with Gasteiger partial charge in [0.15, 0.2) is 0 Å². The van der Waals surface area contributed by atoms with E-state index in [-0.39, 0.29) is 35.8 Å². The highest BCUT2D eigenvalue weighted by Gasteiger charge is 2.46. The van der Waals surface area contributed by atoms with Gasteiger partial charge in [-0.15, -0.1) is 0 Å². The zero-order chi connectivity index (χ0) is 16.4. The molecule has 1 saturated heterocycles. The maximum Gasteiger partial charge on any atom is 0.395 e. The van der Waals surface area contributed by atoms with E-state index in [1.165, 1.54) is 12.1 Å². The second kappa shape index (κ2) is 6.51. The van der Waals surface area contributed by atoms with Gasteiger partial charge in [0.05, 0.1) is 5.92 Å². The summed E-state index contributed by atoms with van der Waals surface area (Å²) < 4.78 is 40.6. The third-order valence-electron chi connectivity index (χ3n) is 5.14. The molecule has 1 aliphatic heterocycles. The standard InChI is InChI=1S/C17H21F3N2O/c18-17(19,20)14(11-6-2-1-3-7-11)10-15-12-8-4-5-9-13(12)16(23)22-21-15/h1-3,6-7,12-15,21H,4-5,8-10H2,(H,22,23). The largest absolute Gasteiger partial charge is 0.395 e. The number of nitrogens with one attached hydrogen (secondary N) is 2. The number of hydrazine groups is 1. The fourth-order valence-corrected chi connectivity index (χ4v) is 3.96. The lowest BCUT2D eigenvalue weighted by Crippen LogP contribution is -2.60. The van der Waals surface area contributed by atoms with Crippen molar-refractivity contribution in [2.45, 2.75) is 50.2 Å². The summed E-state index contributed by atoms with van der Waals surface area (Å²) in [5.74, 6) is -1.75. The lowest BCUT2D eigenvalue weighted by atomic mass is 9.71. The molecule has 6 heteroatoms. The van der Waals surface area contributed by atoms with Crippen LogP contribution in [0.3, 0.4) is 0 Å². The van der Waals surface area contributed by atoms with Gasteiger partial charge in [0.25, 0.3) is 0 Å². The van der Waals surface area contributed by atoms with Crippen LogP contribution in [0.15, 0.2) is 30.3 Å². The molecule has 2 aliphatic rings. The number of hydrogen-bond acceptors (Lipinski definition) is 2. The first-order valence-electron chi connectivity index (χ1n) is 8.14. The predicted octanol–water partition coefficient (Wildman–Crippen LogP) is 3.53. The number of hydrogen-bond donors (Lipinski definition) is 2. The summed E-state index contributed by atoms with van der Waals surface area (Å²) in [7, 11) is 0. The van der Waals surface area contributed by atoms with Crippen molar-refractivity contribution in [3.63, 3.8) is 0 Å². The lowest BCUT2D eigenvalue weighted by molar-refractivity contribution is -0.156. The van der Waals surface area contributed by atoms with E-state index in [0.717, 1.165) is 25.7 Å². The minimum absolute atomic E-state index is 0.00828. The van der Waals surface area contributed by atoms with Crippen LogP contribution in [-0.4, -0.2) is 18.1 Å². The number of amides is 1. The molecule has 1 aromatic rings. The Kier molecular flexibility index (Phi) is 4.62. The first-order valence-corrected chi connectivity index (χ1v) is 8.14. The van der Waals surface area contributed by atoms with E-state index in [2.05, 4.69) is 10.9 Å². The van der Waals surface area contributed by atoms with Crippen LogP contribution in [0.1, 0.15) is 43.6 Å². The third kappa shape index (κ3) is 3.52. The van der Waals surface area contributed by atoms with Crippen molar-refractivity contribution in [3.8, 4) is 0 Å². The zero-order valence-electron chi connectivity index (χ0n) is 12.8. The summed E-state index contributed by atoms with van der Waals surface area (Å²) in [4.78, 5) is 11.9. The van der Waals surface area contributed by atoms with Crippen LogP contribution < -0.4 is 10.9 Å². The van der Waals surface area contributed by atoms with Crippen molar-refractivity contribution in [1.29, 1.82) is 0 Å². The zero-order valence-corrected chi connectivity index (χ0v) is 12.8. The van der Waals surface area contributed by atoms with Gasteiger partial charge in [-0.25, -0.2) is 5.43 Å². The molecule has 4 atom stereocenters. The number of rotatable bonds is 3. The number of fused-ring (bicyclic) bond motifs is 1. The molecule has 1 saturated carbocycles. The van der Waals surface area contributed by atoms with Gasteiger partial charge in [-0.05, 0) is 30.7 Å². The first-order chi connectivity index (χ1) is 11.0. The van der Waals surface area contributed by atoms with Gasteiger partial charge in [-0.1, -0.05) is 43.2 Å². The van der Waals surface area contributed by atoms with E-state index in [1.807, 2.05) is 0 Å². The molecule has 0 aromatic heterocycles. The molecule has 3 rings (SSSR count). The molecular weight excluding hydrogens is 305 g/mol. The van der Waals surface area contributed by atoms with Gasteiger partial charge in [-0.3, -0.25) is 10.2 Å². The smallest absolute Gasteiger partial charge is 0.291 e.